The molecule has 10 heteroatoms. The van der Waals surface area contributed by atoms with Crippen LogP contribution < -0.4 is 0 Å². The van der Waals surface area contributed by atoms with Crippen LogP contribution >= 0.6 is 11.6 Å². The Morgan fingerprint density at radius 2 is 1.82 bits per heavy atom. The first-order valence-corrected chi connectivity index (χ1v) is 14.5. The maximum Gasteiger partial charge on any atom is 0.410 e. The van der Waals surface area contributed by atoms with Gasteiger partial charge in [-0.2, -0.15) is 0 Å². The fourth-order valence-corrected chi connectivity index (χ4v) is 6.22. The Bertz CT molecular complexity index is 1620. The Morgan fingerprint density at radius 1 is 1.13 bits per heavy atom. The summed E-state index contributed by atoms with van der Waals surface area (Å²) < 4.78 is 37.9. The van der Waals surface area contributed by atoms with Crippen LogP contribution in [0.3, 0.4) is 0 Å². The first-order chi connectivity index (χ1) is 18.4. The van der Waals surface area contributed by atoms with Crippen LogP contribution in [0.25, 0.3) is 22.3 Å². The van der Waals surface area contributed by atoms with E-state index in [0.717, 1.165) is 22.4 Å². The van der Waals surface area contributed by atoms with Gasteiger partial charge < -0.3 is 19.4 Å². The number of amides is 1. The second-order valence-electron chi connectivity index (χ2n) is 10.6. The molecule has 2 aromatic heterocycles. The Morgan fingerprint density at radius 3 is 2.49 bits per heavy atom. The number of H-pyrrole nitrogens is 1. The number of carbonyl (C=O) groups is 1. The number of fused-ring (bicyclic) bond motifs is 1. The highest BCUT2D eigenvalue weighted by atomic mass is 35.5. The van der Waals surface area contributed by atoms with Crippen LogP contribution in [-0.4, -0.2) is 54.7 Å². The molecule has 1 N–H and O–H groups in total. The van der Waals surface area contributed by atoms with Gasteiger partial charge in [0.15, 0.2) is 0 Å². The van der Waals surface area contributed by atoms with Gasteiger partial charge in [-0.25, -0.2) is 18.2 Å². The molecule has 1 fully saturated rings. The van der Waals surface area contributed by atoms with E-state index in [-0.39, 0.29) is 27.0 Å². The van der Waals surface area contributed by atoms with Crippen LogP contribution in [-0.2, 0) is 19.3 Å². The van der Waals surface area contributed by atoms with Gasteiger partial charge in [0.25, 0.3) is 0 Å². The van der Waals surface area contributed by atoms with Gasteiger partial charge in [-0.05, 0) is 57.0 Å². The number of pyridine rings is 1. The van der Waals surface area contributed by atoms with E-state index in [0.29, 0.717) is 30.7 Å². The predicted octanol–water partition coefficient (Wildman–Crippen LogP) is 6.33. The summed E-state index contributed by atoms with van der Waals surface area (Å²) in [5.41, 5.74) is 3.45. The number of hydrogen-bond acceptors (Lipinski definition) is 6. The van der Waals surface area contributed by atoms with Crippen molar-refractivity contribution in [3.63, 3.8) is 0 Å². The average Bonchev–Trinajstić information content (AvgIpc) is 3.34. The number of nitrogens with one attached hydrogen (secondary N) is 1. The van der Waals surface area contributed by atoms with Gasteiger partial charge in [0, 0.05) is 23.8 Å². The standard InChI is InChI=1S/C29H30ClN3O5S/c1-18-5-11-21(12-6-18)39(35,36)25-16-31-27-22(26(25)30)15-23(32-27)19-7-9-20(10-8-19)24-17-33(13-14-37-24)28(34)38-29(2,3)4/h5-12,15-16,24H,13-14,17H2,1-4H3,(H,31,32). The van der Waals surface area contributed by atoms with Gasteiger partial charge in [0.05, 0.1) is 23.1 Å². The van der Waals surface area contributed by atoms with E-state index in [1.807, 2.05) is 52.0 Å². The molecule has 4 aromatic rings. The fourth-order valence-electron chi connectivity index (χ4n) is 4.43. The summed E-state index contributed by atoms with van der Waals surface area (Å²) in [6.45, 7) is 8.73. The lowest BCUT2D eigenvalue weighted by molar-refractivity contribution is -0.0432. The van der Waals surface area contributed by atoms with E-state index >= 15 is 0 Å². The minimum absolute atomic E-state index is 0.0367. The largest absolute Gasteiger partial charge is 0.444 e. The SMILES string of the molecule is Cc1ccc(S(=O)(=O)c2cnc3[nH]c(-c4ccc(C5CN(C(=O)OC(C)(C)C)CCO5)cc4)cc3c2Cl)cc1. The van der Waals surface area contributed by atoms with Crippen LogP contribution in [0.2, 0.25) is 5.02 Å². The van der Waals surface area contributed by atoms with E-state index in [1.54, 1.807) is 35.2 Å². The molecule has 1 atom stereocenters. The van der Waals surface area contributed by atoms with Crippen molar-refractivity contribution in [3.05, 3.63) is 76.9 Å². The zero-order valence-corrected chi connectivity index (χ0v) is 23.8. The number of benzene rings is 2. The Hall–Kier alpha value is -3.40. The van der Waals surface area contributed by atoms with Gasteiger partial charge in [0.2, 0.25) is 9.84 Å². The molecule has 1 unspecified atom stereocenters. The number of sulfone groups is 1. The van der Waals surface area contributed by atoms with Crippen LogP contribution in [0.4, 0.5) is 4.79 Å². The zero-order valence-electron chi connectivity index (χ0n) is 22.2. The van der Waals surface area contributed by atoms with Gasteiger partial charge >= 0.3 is 6.09 Å². The maximum absolute atomic E-state index is 13.2. The molecule has 5 rings (SSSR count). The number of aromatic amines is 1. The van der Waals surface area contributed by atoms with Crippen molar-refractivity contribution in [1.29, 1.82) is 0 Å². The molecule has 0 bridgehead atoms. The van der Waals surface area contributed by atoms with E-state index in [9.17, 15) is 13.2 Å². The van der Waals surface area contributed by atoms with Crippen molar-refractivity contribution >= 4 is 38.6 Å². The van der Waals surface area contributed by atoms with Crippen molar-refractivity contribution in [1.82, 2.24) is 14.9 Å². The molecule has 0 spiro atoms. The summed E-state index contributed by atoms with van der Waals surface area (Å²) in [4.78, 5) is 21.9. The molecule has 0 radical (unpaired) electrons. The van der Waals surface area contributed by atoms with E-state index in [1.165, 1.54) is 6.20 Å². The number of aromatic nitrogens is 2. The molecule has 1 aliphatic rings. The normalized spacial score (nSPS) is 16.4. The summed E-state index contributed by atoms with van der Waals surface area (Å²) >= 11 is 6.62. The molecule has 1 amide bonds. The molecule has 2 aromatic carbocycles. The van der Waals surface area contributed by atoms with Crippen LogP contribution in [0.5, 0.6) is 0 Å². The minimum atomic E-state index is -3.83. The maximum atomic E-state index is 13.2. The van der Waals surface area contributed by atoms with Gasteiger partial charge in [0.1, 0.15) is 22.2 Å². The molecule has 1 saturated heterocycles. The second kappa shape index (κ2) is 10.3. The topological polar surface area (TPSA) is 102 Å². The van der Waals surface area contributed by atoms with Crippen LogP contribution in [0, 0.1) is 6.92 Å². The average molecular weight is 568 g/mol. The van der Waals surface area contributed by atoms with Gasteiger partial charge in [-0.3, -0.25) is 0 Å². The third-order valence-electron chi connectivity index (χ3n) is 6.49. The number of carbonyl (C=O) groups excluding carboxylic acids is 1. The monoisotopic (exact) mass is 567 g/mol. The second-order valence-corrected chi connectivity index (χ2v) is 12.9. The first kappa shape index (κ1) is 27.2. The van der Waals surface area contributed by atoms with Crippen molar-refractivity contribution in [2.75, 3.05) is 19.7 Å². The van der Waals surface area contributed by atoms with E-state index in [2.05, 4.69) is 9.97 Å². The molecule has 39 heavy (non-hydrogen) atoms. The number of ether oxygens (including phenoxy) is 2. The van der Waals surface area contributed by atoms with Gasteiger partial charge in [-0.15, -0.1) is 0 Å². The van der Waals surface area contributed by atoms with Gasteiger partial charge in [-0.1, -0.05) is 53.6 Å². The smallest absolute Gasteiger partial charge is 0.410 e. The minimum Gasteiger partial charge on any atom is -0.444 e. The summed E-state index contributed by atoms with van der Waals surface area (Å²) in [7, 11) is -3.83. The Labute approximate surface area is 232 Å². The lowest BCUT2D eigenvalue weighted by Crippen LogP contribution is -2.44. The number of morpholine rings is 1. The summed E-state index contributed by atoms with van der Waals surface area (Å²) in [5, 5.41) is 0.644. The third-order valence-corrected chi connectivity index (χ3v) is 8.79. The highest BCUT2D eigenvalue weighted by Gasteiger charge is 2.29. The number of nitrogens with zero attached hydrogens (tertiary/aromatic N) is 2. The Kier molecular flexibility index (Phi) is 7.17. The lowest BCUT2D eigenvalue weighted by Gasteiger charge is -2.34. The number of hydrogen-bond donors (Lipinski definition) is 1. The Balaban J connectivity index is 1.38. The molecule has 1 aliphatic heterocycles. The number of rotatable bonds is 4. The lowest BCUT2D eigenvalue weighted by atomic mass is 10.0. The van der Waals surface area contributed by atoms with Crippen molar-refractivity contribution in [2.45, 2.75) is 49.2 Å². The van der Waals surface area contributed by atoms with E-state index < -0.39 is 15.4 Å². The summed E-state index contributed by atoms with van der Waals surface area (Å²) in [5.74, 6) is 0. The summed E-state index contributed by atoms with van der Waals surface area (Å²) in [6, 6.07) is 16.2. The third kappa shape index (κ3) is 5.66. The molecule has 0 aliphatic carbocycles. The molecule has 3 heterocycles. The number of halogens is 1. The quantitative estimate of drug-likeness (QED) is 0.309. The highest BCUT2D eigenvalue weighted by molar-refractivity contribution is 7.91. The highest BCUT2D eigenvalue weighted by Crippen LogP contribution is 2.35. The van der Waals surface area contributed by atoms with Crippen molar-refractivity contribution in [2.24, 2.45) is 0 Å². The molecular weight excluding hydrogens is 538 g/mol. The first-order valence-electron chi connectivity index (χ1n) is 12.6. The van der Waals surface area contributed by atoms with E-state index in [4.69, 9.17) is 21.1 Å². The predicted molar refractivity (Wildman–Crippen MR) is 150 cm³/mol. The van der Waals surface area contributed by atoms with Crippen molar-refractivity contribution < 1.29 is 22.7 Å². The molecule has 204 valence electrons. The van der Waals surface area contributed by atoms with Crippen molar-refractivity contribution in [3.8, 4) is 11.3 Å². The molecule has 8 nitrogen and oxygen atoms in total. The molecular formula is C29H30ClN3O5S. The fraction of sp³-hybridized carbons (Fsp3) is 0.310. The van der Waals surface area contributed by atoms with Crippen LogP contribution in [0.1, 0.15) is 38.0 Å². The zero-order chi connectivity index (χ0) is 27.9. The molecule has 0 saturated carbocycles. The number of aryl methyl sites for hydroxylation is 1. The van der Waals surface area contributed by atoms with Crippen LogP contribution in [0.15, 0.2) is 70.6 Å². The summed E-state index contributed by atoms with van der Waals surface area (Å²) in [6.07, 6.45) is 0.674.